The van der Waals surface area contributed by atoms with E-state index >= 15 is 0 Å². The number of carbonyl (C=O) groups is 1. The molecule has 140 valence electrons. The average Bonchev–Trinajstić information content (AvgIpc) is 2.99. The van der Waals surface area contributed by atoms with E-state index in [1.807, 2.05) is 6.07 Å². The van der Waals surface area contributed by atoms with Crippen LogP contribution in [0.25, 0.3) is 6.08 Å². The quantitative estimate of drug-likeness (QED) is 0.815. The zero-order valence-electron chi connectivity index (χ0n) is 15.2. The summed E-state index contributed by atoms with van der Waals surface area (Å²) < 4.78 is 11.6. The van der Waals surface area contributed by atoms with Crippen molar-refractivity contribution in [3.05, 3.63) is 59.4 Å². The lowest BCUT2D eigenvalue weighted by Crippen LogP contribution is -2.33. The highest BCUT2D eigenvalue weighted by Gasteiger charge is 2.27. The number of phenols is 1. The molecule has 2 aromatic rings. The number of aromatic hydroxyl groups is 1. The SMILES string of the molecule is O=C1/C(=C\c2ccc(O)cc2)Oc2cc(OCCN3CCCCC3)ccc21. The standard InChI is InChI=1S/C22H23NO4/c24-17-6-4-16(5-7-17)14-21-22(25)19-9-8-18(15-20(19)27-21)26-13-12-23-10-2-1-3-11-23/h4-9,14-15,24H,1-3,10-13H2/b21-14+. The Hall–Kier alpha value is -2.79. The van der Waals surface area contributed by atoms with Crippen molar-refractivity contribution in [1.29, 1.82) is 0 Å². The average molecular weight is 365 g/mol. The molecule has 0 atom stereocenters. The Kier molecular flexibility index (Phi) is 5.12. The Morgan fingerprint density at radius 3 is 2.63 bits per heavy atom. The fraction of sp³-hybridized carbons (Fsp3) is 0.318. The number of phenolic OH excluding ortho intramolecular Hbond substituents is 1. The zero-order chi connectivity index (χ0) is 18.6. The molecular formula is C22H23NO4. The summed E-state index contributed by atoms with van der Waals surface area (Å²) in [7, 11) is 0. The molecule has 0 aliphatic carbocycles. The van der Waals surface area contributed by atoms with Crippen molar-refractivity contribution in [3.63, 3.8) is 0 Å². The maximum atomic E-state index is 12.5. The number of benzene rings is 2. The third-order valence-electron chi connectivity index (χ3n) is 4.96. The van der Waals surface area contributed by atoms with Crippen molar-refractivity contribution in [1.82, 2.24) is 4.90 Å². The molecule has 2 aliphatic rings. The number of hydrogen-bond acceptors (Lipinski definition) is 5. The van der Waals surface area contributed by atoms with Gasteiger partial charge in [0.1, 0.15) is 23.9 Å². The molecule has 1 fully saturated rings. The molecule has 0 radical (unpaired) electrons. The Bertz CT molecular complexity index is 851. The highest BCUT2D eigenvalue weighted by Crippen LogP contribution is 2.35. The van der Waals surface area contributed by atoms with Gasteiger partial charge in [0, 0.05) is 12.6 Å². The van der Waals surface area contributed by atoms with Gasteiger partial charge in [-0.2, -0.15) is 0 Å². The molecule has 2 aliphatic heterocycles. The lowest BCUT2D eigenvalue weighted by Gasteiger charge is -2.26. The molecule has 2 heterocycles. The van der Waals surface area contributed by atoms with Gasteiger partial charge in [0.15, 0.2) is 5.76 Å². The van der Waals surface area contributed by atoms with Crippen molar-refractivity contribution >= 4 is 11.9 Å². The summed E-state index contributed by atoms with van der Waals surface area (Å²) in [6.07, 6.45) is 5.54. The van der Waals surface area contributed by atoms with E-state index in [4.69, 9.17) is 9.47 Å². The molecule has 0 unspecified atom stereocenters. The first-order chi connectivity index (χ1) is 13.2. The maximum absolute atomic E-state index is 12.5. The van der Waals surface area contributed by atoms with Gasteiger partial charge in [0.05, 0.1) is 5.56 Å². The third kappa shape index (κ3) is 4.14. The van der Waals surface area contributed by atoms with E-state index in [9.17, 15) is 9.90 Å². The van der Waals surface area contributed by atoms with E-state index in [1.54, 1.807) is 42.5 Å². The van der Waals surface area contributed by atoms with Crippen LogP contribution in [-0.4, -0.2) is 42.0 Å². The van der Waals surface area contributed by atoms with Crippen LogP contribution in [0.15, 0.2) is 48.2 Å². The predicted molar refractivity (Wildman–Crippen MR) is 103 cm³/mol. The van der Waals surface area contributed by atoms with Gasteiger partial charge in [0.2, 0.25) is 5.78 Å². The minimum absolute atomic E-state index is 0.141. The molecule has 0 spiro atoms. The van der Waals surface area contributed by atoms with E-state index in [0.29, 0.717) is 23.7 Å². The fourth-order valence-corrected chi connectivity index (χ4v) is 3.45. The second-order valence-corrected chi connectivity index (χ2v) is 6.94. The fourth-order valence-electron chi connectivity index (χ4n) is 3.45. The molecule has 2 aromatic carbocycles. The Morgan fingerprint density at radius 1 is 1.07 bits per heavy atom. The number of Topliss-reactive ketones (excluding diaryl/α,β-unsaturated/α-hetero) is 1. The number of ether oxygens (including phenoxy) is 2. The van der Waals surface area contributed by atoms with Crippen molar-refractivity contribution in [2.45, 2.75) is 19.3 Å². The molecule has 0 bridgehead atoms. The number of nitrogens with zero attached hydrogens (tertiary/aromatic N) is 1. The molecule has 5 heteroatoms. The van der Waals surface area contributed by atoms with Gasteiger partial charge >= 0.3 is 0 Å². The van der Waals surface area contributed by atoms with Gasteiger partial charge in [-0.05, 0) is 61.8 Å². The topological polar surface area (TPSA) is 59.0 Å². The lowest BCUT2D eigenvalue weighted by atomic mass is 10.1. The minimum atomic E-state index is -0.141. The van der Waals surface area contributed by atoms with E-state index in [1.165, 1.54) is 19.3 Å². The number of ketones is 1. The number of fused-ring (bicyclic) bond motifs is 1. The van der Waals surface area contributed by atoms with Gasteiger partial charge in [-0.25, -0.2) is 0 Å². The molecule has 5 nitrogen and oxygen atoms in total. The molecule has 1 N–H and O–H groups in total. The van der Waals surface area contributed by atoms with Crippen LogP contribution >= 0.6 is 0 Å². The summed E-state index contributed by atoms with van der Waals surface area (Å²) in [6, 6.07) is 12.0. The summed E-state index contributed by atoms with van der Waals surface area (Å²) in [5, 5.41) is 9.36. The first kappa shape index (κ1) is 17.6. The number of allylic oxidation sites excluding steroid dienone is 1. The number of rotatable bonds is 5. The molecule has 4 rings (SSSR count). The zero-order valence-corrected chi connectivity index (χ0v) is 15.2. The normalized spacial score (nSPS) is 18.4. The van der Waals surface area contributed by atoms with Crippen LogP contribution in [0.3, 0.4) is 0 Å². The third-order valence-corrected chi connectivity index (χ3v) is 4.96. The monoisotopic (exact) mass is 365 g/mol. The largest absolute Gasteiger partial charge is 0.508 e. The van der Waals surface area contributed by atoms with E-state index < -0.39 is 0 Å². The molecular weight excluding hydrogens is 342 g/mol. The Balaban J connectivity index is 1.40. The Labute approximate surface area is 158 Å². The Morgan fingerprint density at radius 2 is 1.85 bits per heavy atom. The smallest absolute Gasteiger partial charge is 0.231 e. The van der Waals surface area contributed by atoms with Crippen LogP contribution in [0.4, 0.5) is 0 Å². The van der Waals surface area contributed by atoms with E-state index in [0.717, 1.165) is 25.2 Å². The van der Waals surface area contributed by atoms with Crippen LogP contribution in [0.5, 0.6) is 17.2 Å². The summed E-state index contributed by atoms with van der Waals surface area (Å²) in [6.45, 7) is 3.85. The van der Waals surface area contributed by atoms with Crippen LogP contribution in [0, 0.1) is 0 Å². The first-order valence-electron chi connectivity index (χ1n) is 9.41. The van der Waals surface area contributed by atoms with Crippen LogP contribution in [0.2, 0.25) is 0 Å². The lowest BCUT2D eigenvalue weighted by molar-refractivity contribution is 0.101. The summed E-state index contributed by atoms with van der Waals surface area (Å²) in [5.74, 6) is 1.56. The molecule has 1 saturated heterocycles. The highest BCUT2D eigenvalue weighted by molar-refractivity contribution is 6.14. The summed E-state index contributed by atoms with van der Waals surface area (Å²) >= 11 is 0. The van der Waals surface area contributed by atoms with Crippen molar-refractivity contribution < 1.29 is 19.4 Å². The van der Waals surface area contributed by atoms with Crippen LogP contribution in [0.1, 0.15) is 35.2 Å². The van der Waals surface area contributed by atoms with Crippen molar-refractivity contribution in [2.24, 2.45) is 0 Å². The maximum Gasteiger partial charge on any atom is 0.231 e. The molecule has 27 heavy (non-hydrogen) atoms. The summed E-state index contributed by atoms with van der Waals surface area (Å²) in [4.78, 5) is 14.9. The van der Waals surface area contributed by atoms with Gasteiger partial charge in [-0.1, -0.05) is 18.6 Å². The minimum Gasteiger partial charge on any atom is -0.508 e. The summed E-state index contributed by atoms with van der Waals surface area (Å²) in [5.41, 5.74) is 1.34. The van der Waals surface area contributed by atoms with Crippen molar-refractivity contribution in [2.75, 3.05) is 26.2 Å². The van der Waals surface area contributed by atoms with Gasteiger partial charge in [-0.3, -0.25) is 9.69 Å². The number of likely N-dealkylation sites (tertiary alicyclic amines) is 1. The van der Waals surface area contributed by atoms with Crippen LogP contribution < -0.4 is 9.47 Å². The van der Waals surface area contributed by atoms with E-state index in [-0.39, 0.29) is 17.3 Å². The highest BCUT2D eigenvalue weighted by atomic mass is 16.5. The number of hydrogen-bond donors (Lipinski definition) is 1. The molecule has 0 saturated carbocycles. The van der Waals surface area contributed by atoms with Crippen molar-refractivity contribution in [3.8, 4) is 17.2 Å². The molecule has 0 aromatic heterocycles. The van der Waals surface area contributed by atoms with Crippen LogP contribution in [-0.2, 0) is 0 Å². The number of carbonyl (C=O) groups excluding carboxylic acids is 1. The predicted octanol–water partition coefficient (Wildman–Crippen LogP) is 3.87. The van der Waals surface area contributed by atoms with E-state index in [2.05, 4.69) is 4.90 Å². The second kappa shape index (κ2) is 7.84. The number of piperidine rings is 1. The molecule has 0 amide bonds. The van der Waals surface area contributed by atoms with Gasteiger partial charge in [0.25, 0.3) is 0 Å². The second-order valence-electron chi connectivity index (χ2n) is 6.94. The van der Waals surface area contributed by atoms with Gasteiger partial charge < -0.3 is 14.6 Å². The first-order valence-corrected chi connectivity index (χ1v) is 9.41. The van der Waals surface area contributed by atoms with Gasteiger partial charge in [-0.15, -0.1) is 0 Å².